The van der Waals surface area contributed by atoms with Crippen molar-refractivity contribution in [3.63, 3.8) is 0 Å². The third kappa shape index (κ3) is 3.57. The van der Waals surface area contributed by atoms with Crippen LogP contribution >= 0.6 is 0 Å². The molecule has 2 aromatic rings. The van der Waals surface area contributed by atoms with Gasteiger partial charge in [-0.3, -0.25) is 0 Å². The van der Waals surface area contributed by atoms with Crippen molar-refractivity contribution in [3.05, 3.63) is 41.7 Å². The van der Waals surface area contributed by atoms with Gasteiger partial charge >= 0.3 is 0 Å². The van der Waals surface area contributed by atoms with Gasteiger partial charge in [-0.15, -0.1) is 0 Å². The molecule has 17 heavy (non-hydrogen) atoms. The predicted octanol–water partition coefficient (Wildman–Crippen LogP) is 1.29. The van der Waals surface area contributed by atoms with Crippen LogP contribution in [0.1, 0.15) is 17.3 Å². The summed E-state index contributed by atoms with van der Waals surface area (Å²) in [5.41, 5.74) is 5.56. The Bertz CT molecular complexity index is 481. The lowest BCUT2D eigenvalue weighted by Crippen LogP contribution is -2.18. The van der Waals surface area contributed by atoms with Gasteiger partial charge in [0.15, 0.2) is 0 Å². The zero-order valence-corrected chi connectivity index (χ0v) is 9.81. The van der Waals surface area contributed by atoms with Gasteiger partial charge in [-0.05, 0) is 25.1 Å². The van der Waals surface area contributed by atoms with Crippen molar-refractivity contribution in [2.45, 2.75) is 19.9 Å². The Balaban J connectivity index is 1.73. The Morgan fingerprint density at radius 2 is 2.24 bits per heavy atom. The van der Waals surface area contributed by atoms with Gasteiger partial charge in [-0.1, -0.05) is 0 Å². The maximum absolute atomic E-state index is 5.56. The summed E-state index contributed by atoms with van der Waals surface area (Å²) in [5.74, 6) is 3.14. The molecule has 0 fully saturated rings. The molecule has 0 amide bonds. The van der Waals surface area contributed by atoms with Gasteiger partial charge in [0.1, 0.15) is 23.2 Å². The highest BCUT2D eigenvalue weighted by molar-refractivity contribution is 5.24. The summed E-state index contributed by atoms with van der Waals surface area (Å²) in [5, 5.41) is 3.25. The first-order valence-electron chi connectivity index (χ1n) is 5.57. The number of aryl methyl sites for hydroxylation is 1. The average molecular weight is 232 g/mol. The largest absolute Gasteiger partial charge is 0.466 e. The van der Waals surface area contributed by atoms with E-state index in [1.165, 1.54) is 0 Å². The smallest absolute Gasteiger partial charge is 0.144 e. The number of nitrogens with zero attached hydrogens (tertiary/aromatic N) is 2. The number of nitrogens with two attached hydrogens (primary N) is 1. The Morgan fingerprint density at radius 1 is 1.35 bits per heavy atom. The summed E-state index contributed by atoms with van der Waals surface area (Å²) in [6.45, 7) is 3.38. The molecule has 0 aliphatic rings. The van der Waals surface area contributed by atoms with Gasteiger partial charge in [0.25, 0.3) is 0 Å². The second kappa shape index (κ2) is 5.45. The van der Waals surface area contributed by atoms with Crippen LogP contribution in [-0.2, 0) is 13.0 Å². The Labute approximate surface area is 100 Å². The van der Waals surface area contributed by atoms with Crippen molar-refractivity contribution >= 4 is 5.82 Å². The van der Waals surface area contributed by atoms with E-state index in [4.69, 9.17) is 10.2 Å². The topological polar surface area (TPSA) is 77.0 Å². The van der Waals surface area contributed by atoms with Crippen molar-refractivity contribution in [2.75, 3.05) is 12.3 Å². The molecule has 5 nitrogen and oxygen atoms in total. The van der Waals surface area contributed by atoms with Crippen molar-refractivity contribution in [1.82, 2.24) is 15.3 Å². The number of furan rings is 1. The van der Waals surface area contributed by atoms with Gasteiger partial charge < -0.3 is 15.5 Å². The molecular weight excluding hydrogens is 216 g/mol. The minimum Gasteiger partial charge on any atom is -0.466 e. The van der Waals surface area contributed by atoms with Gasteiger partial charge in [0, 0.05) is 19.2 Å². The molecule has 0 spiro atoms. The van der Waals surface area contributed by atoms with Crippen molar-refractivity contribution in [2.24, 2.45) is 0 Å². The first-order valence-corrected chi connectivity index (χ1v) is 5.57. The van der Waals surface area contributed by atoms with Crippen molar-refractivity contribution in [1.29, 1.82) is 0 Å². The molecule has 0 aromatic carbocycles. The van der Waals surface area contributed by atoms with E-state index in [1.807, 2.05) is 19.1 Å². The minimum absolute atomic E-state index is 0.499. The summed E-state index contributed by atoms with van der Waals surface area (Å²) in [4.78, 5) is 8.21. The van der Waals surface area contributed by atoms with E-state index in [-0.39, 0.29) is 0 Å². The molecule has 0 atom stereocenters. The van der Waals surface area contributed by atoms with Crippen LogP contribution < -0.4 is 11.1 Å². The molecule has 0 unspecified atom stereocenters. The third-order valence-corrected chi connectivity index (χ3v) is 2.35. The number of nitrogen functional groups attached to an aromatic ring is 1. The first kappa shape index (κ1) is 11.6. The van der Waals surface area contributed by atoms with E-state index in [0.29, 0.717) is 18.2 Å². The van der Waals surface area contributed by atoms with Crippen LogP contribution in [0.3, 0.4) is 0 Å². The van der Waals surface area contributed by atoms with Crippen molar-refractivity contribution < 1.29 is 4.42 Å². The SMILES string of the molecule is Cc1ccc(CCNCc2nccc(N)n2)o1. The van der Waals surface area contributed by atoms with E-state index < -0.39 is 0 Å². The standard InChI is InChI=1S/C12H16N4O/c1-9-2-3-10(17-9)4-6-14-8-12-15-7-5-11(13)16-12/h2-3,5,7,14H,4,6,8H2,1H3,(H2,13,15,16). The molecule has 5 heteroatoms. The van der Waals surface area contributed by atoms with Crippen LogP contribution in [-0.4, -0.2) is 16.5 Å². The summed E-state index contributed by atoms with van der Waals surface area (Å²) in [7, 11) is 0. The summed E-state index contributed by atoms with van der Waals surface area (Å²) in [6.07, 6.45) is 2.52. The van der Waals surface area contributed by atoms with E-state index in [2.05, 4.69) is 15.3 Å². The monoisotopic (exact) mass is 232 g/mol. The number of nitrogens with one attached hydrogen (secondary N) is 1. The molecule has 90 valence electrons. The highest BCUT2D eigenvalue weighted by Gasteiger charge is 1.99. The highest BCUT2D eigenvalue weighted by atomic mass is 16.3. The fourth-order valence-electron chi connectivity index (χ4n) is 1.53. The second-order valence-corrected chi connectivity index (χ2v) is 3.84. The van der Waals surface area contributed by atoms with Crippen LogP contribution in [0.4, 0.5) is 5.82 Å². The maximum atomic E-state index is 5.56. The maximum Gasteiger partial charge on any atom is 0.144 e. The molecule has 3 N–H and O–H groups in total. The molecule has 0 saturated carbocycles. The Hall–Kier alpha value is -1.88. The fourth-order valence-corrected chi connectivity index (χ4v) is 1.53. The molecule has 0 saturated heterocycles. The average Bonchev–Trinajstić information content (AvgIpc) is 2.71. The number of aromatic nitrogens is 2. The van der Waals surface area contributed by atoms with Crippen LogP contribution in [0.5, 0.6) is 0 Å². The quantitative estimate of drug-likeness (QED) is 0.760. The summed E-state index contributed by atoms with van der Waals surface area (Å²) >= 11 is 0. The zero-order chi connectivity index (χ0) is 12.1. The van der Waals surface area contributed by atoms with Crippen LogP contribution in [0, 0.1) is 6.92 Å². The lowest BCUT2D eigenvalue weighted by molar-refractivity contribution is 0.474. The Morgan fingerprint density at radius 3 is 2.94 bits per heavy atom. The number of anilines is 1. The van der Waals surface area contributed by atoms with Crippen LogP contribution in [0.25, 0.3) is 0 Å². The lowest BCUT2D eigenvalue weighted by Gasteiger charge is -2.02. The number of hydrogen-bond donors (Lipinski definition) is 2. The molecule has 2 heterocycles. The van der Waals surface area contributed by atoms with Crippen LogP contribution in [0.15, 0.2) is 28.8 Å². The fraction of sp³-hybridized carbons (Fsp3) is 0.333. The lowest BCUT2D eigenvalue weighted by atomic mass is 10.3. The normalized spacial score (nSPS) is 10.6. The predicted molar refractivity (Wildman–Crippen MR) is 65.3 cm³/mol. The molecule has 2 aromatic heterocycles. The van der Waals surface area contributed by atoms with Gasteiger partial charge in [-0.25, -0.2) is 9.97 Å². The number of hydrogen-bond acceptors (Lipinski definition) is 5. The summed E-state index contributed by atoms with van der Waals surface area (Å²) < 4.78 is 5.46. The zero-order valence-electron chi connectivity index (χ0n) is 9.81. The summed E-state index contributed by atoms with van der Waals surface area (Å²) in [6, 6.07) is 5.64. The molecule has 0 radical (unpaired) electrons. The molecule has 0 bridgehead atoms. The van der Waals surface area contributed by atoms with Gasteiger partial charge in [-0.2, -0.15) is 0 Å². The number of rotatable bonds is 5. The van der Waals surface area contributed by atoms with Gasteiger partial charge in [0.05, 0.1) is 6.54 Å². The first-order chi connectivity index (χ1) is 8.24. The molecular formula is C12H16N4O. The van der Waals surface area contributed by atoms with E-state index in [9.17, 15) is 0 Å². The Kier molecular flexibility index (Phi) is 3.72. The van der Waals surface area contributed by atoms with E-state index in [0.717, 1.165) is 24.5 Å². The third-order valence-electron chi connectivity index (χ3n) is 2.35. The van der Waals surface area contributed by atoms with E-state index in [1.54, 1.807) is 12.3 Å². The molecule has 0 aliphatic carbocycles. The highest BCUT2D eigenvalue weighted by Crippen LogP contribution is 2.06. The van der Waals surface area contributed by atoms with E-state index >= 15 is 0 Å². The van der Waals surface area contributed by atoms with Crippen LogP contribution in [0.2, 0.25) is 0 Å². The second-order valence-electron chi connectivity index (χ2n) is 3.84. The van der Waals surface area contributed by atoms with Crippen molar-refractivity contribution in [3.8, 4) is 0 Å². The minimum atomic E-state index is 0.499. The van der Waals surface area contributed by atoms with Gasteiger partial charge in [0.2, 0.25) is 0 Å². The molecule has 2 rings (SSSR count). The molecule has 0 aliphatic heterocycles.